The number of rotatable bonds is 70. The quantitative estimate of drug-likeness (QED) is 0.0169. The average Bonchev–Trinajstić information content (AvgIpc) is 0.959. The van der Waals surface area contributed by atoms with Crippen LogP contribution in [-0.2, 0) is 65.4 Å². The predicted molar refractivity (Wildman–Crippen MR) is 417 cm³/mol. The van der Waals surface area contributed by atoms with E-state index in [9.17, 15) is 43.2 Å². The molecule has 19 heteroatoms. The monoisotopic (exact) mass is 1460 g/mol. The Morgan fingerprint density at radius 2 is 0.520 bits per heavy atom. The summed E-state index contributed by atoms with van der Waals surface area (Å²) >= 11 is 0. The van der Waals surface area contributed by atoms with Crippen LogP contribution in [0.25, 0.3) is 0 Å². The van der Waals surface area contributed by atoms with Crippen LogP contribution in [0.5, 0.6) is 0 Å². The highest BCUT2D eigenvalue weighted by Crippen LogP contribution is 2.45. The van der Waals surface area contributed by atoms with E-state index in [0.717, 1.165) is 186 Å². The standard InChI is InChI=1S/C83H134O17P2/c1-5-9-13-17-21-25-29-33-36-38-41-45-48-52-56-60-64-68-81(86)94-74-79(100-83(88)70-66-62-58-54-50-46-42-39-37-34-30-26-22-18-14-10-6-2)76-98-102(91,92)96-72-77(84)71-95-101(89,90)97-75-78(99-82(87)69-65-61-57-53-49-43-32-28-24-20-16-12-8-4)73-93-80(85)67-63-59-55-51-47-44-40-35-31-27-23-19-15-11-7-3/h9-11,13-16,20-23,25-28,32-37,40-41,45,47,51-52,56,77-79,84H,5-8,12,17-19,24,29-31,38-39,42-44,46,48-50,53-55,57-76H2,1-4H3,(H,89,90)(H,91,92)/b13-9-,14-10-,15-11-,20-16-,25-21-,26-22-,27-23-,32-28-,36-33-,37-34-,40-35-,45-41-,51-47-,56-52-. The zero-order valence-electron chi connectivity index (χ0n) is 63.0. The van der Waals surface area contributed by atoms with Gasteiger partial charge in [0.25, 0.3) is 0 Å². The minimum Gasteiger partial charge on any atom is -0.462 e. The van der Waals surface area contributed by atoms with Gasteiger partial charge in [-0.3, -0.25) is 37.3 Å². The number of aliphatic hydroxyl groups is 1. The first-order valence-corrected chi connectivity index (χ1v) is 41.4. The number of carbonyl (C=O) groups excluding carboxylic acids is 4. The molecule has 0 rings (SSSR count). The third kappa shape index (κ3) is 72.8. The summed E-state index contributed by atoms with van der Waals surface area (Å²) in [7, 11) is -10.0. The van der Waals surface area contributed by atoms with E-state index in [0.29, 0.717) is 32.1 Å². The smallest absolute Gasteiger partial charge is 0.462 e. The molecule has 5 unspecified atom stereocenters. The van der Waals surface area contributed by atoms with Gasteiger partial charge in [0.15, 0.2) is 12.2 Å². The van der Waals surface area contributed by atoms with Gasteiger partial charge >= 0.3 is 39.5 Å². The van der Waals surface area contributed by atoms with E-state index in [4.69, 9.17) is 37.0 Å². The molecule has 0 bridgehead atoms. The van der Waals surface area contributed by atoms with Crippen molar-refractivity contribution in [1.29, 1.82) is 0 Å². The Morgan fingerprint density at radius 1 is 0.284 bits per heavy atom. The highest BCUT2D eigenvalue weighted by molar-refractivity contribution is 7.47. The summed E-state index contributed by atoms with van der Waals surface area (Å²) in [5, 5.41) is 10.6. The highest BCUT2D eigenvalue weighted by atomic mass is 31.2. The van der Waals surface area contributed by atoms with Crippen molar-refractivity contribution in [3.05, 3.63) is 170 Å². The molecule has 0 saturated carbocycles. The van der Waals surface area contributed by atoms with Gasteiger partial charge in [0, 0.05) is 25.7 Å². The predicted octanol–water partition coefficient (Wildman–Crippen LogP) is 22.2. The Kier molecular flexibility index (Phi) is 69.7. The van der Waals surface area contributed by atoms with E-state index in [1.807, 2.05) is 12.2 Å². The minimum atomic E-state index is -5.00. The number of phosphoric acid groups is 2. The summed E-state index contributed by atoms with van der Waals surface area (Å²) in [6.45, 7) is 4.30. The van der Waals surface area contributed by atoms with Crippen LogP contribution in [0.2, 0.25) is 0 Å². The molecule has 0 fully saturated rings. The van der Waals surface area contributed by atoms with Gasteiger partial charge in [-0.2, -0.15) is 0 Å². The lowest BCUT2D eigenvalue weighted by Gasteiger charge is -2.21. The number of allylic oxidation sites excluding steroid dienone is 28. The van der Waals surface area contributed by atoms with Gasteiger partial charge in [0.2, 0.25) is 0 Å². The second kappa shape index (κ2) is 73.7. The number of aliphatic hydroxyl groups excluding tert-OH is 1. The van der Waals surface area contributed by atoms with Crippen LogP contribution in [0.1, 0.15) is 272 Å². The lowest BCUT2D eigenvalue weighted by molar-refractivity contribution is -0.161. The number of ether oxygens (including phenoxy) is 4. The number of hydrogen-bond acceptors (Lipinski definition) is 15. The van der Waals surface area contributed by atoms with Crippen LogP contribution in [-0.4, -0.2) is 96.7 Å². The SMILES string of the molecule is CC/C=C\C/C=C\C/C=C\C/C=C\C/C=C\CCCC(=O)OCC(COP(=O)(O)OCC(O)COP(=O)(O)OCC(COC(=O)CCCC/C=C\C/C=C\C/C=C\C/C=C\CC)OC(=O)CCCCCCC/C=C\C/C=C\CCC)OC(=O)CCCCCCCCC/C=C\C/C=C\C/C=C\CC. The topological polar surface area (TPSA) is 237 Å². The fourth-order valence-corrected chi connectivity index (χ4v) is 11.0. The normalized spacial score (nSPS) is 14.9. The zero-order valence-corrected chi connectivity index (χ0v) is 64.8. The van der Waals surface area contributed by atoms with Gasteiger partial charge in [-0.25, -0.2) is 9.13 Å². The molecule has 0 aliphatic heterocycles. The molecule has 0 aliphatic carbocycles. The van der Waals surface area contributed by atoms with Crippen LogP contribution in [0, 0.1) is 0 Å². The van der Waals surface area contributed by atoms with Crippen molar-refractivity contribution >= 4 is 39.5 Å². The van der Waals surface area contributed by atoms with Crippen molar-refractivity contribution in [2.24, 2.45) is 0 Å². The van der Waals surface area contributed by atoms with Crippen molar-refractivity contribution in [3.8, 4) is 0 Å². The van der Waals surface area contributed by atoms with Crippen LogP contribution in [0.3, 0.4) is 0 Å². The molecular formula is C83H134O17P2. The maximum absolute atomic E-state index is 13.1. The van der Waals surface area contributed by atoms with E-state index in [-0.39, 0.29) is 25.7 Å². The Balaban J connectivity index is 5.47. The first kappa shape index (κ1) is 96.4. The highest BCUT2D eigenvalue weighted by Gasteiger charge is 2.30. The zero-order chi connectivity index (χ0) is 74.6. The van der Waals surface area contributed by atoms with Crippen molar-refractivity contribution in [1.82, 2.24) is 0 Å². The minimum absolute atomic E-state index is 0.0624. The van der Waals surface area contributed by atoms with Crippen LogP contribution < -0.4 is 0 Å². The number of esters is 4. The second-order valence-electron chi connectivity index (χ2n) is 24.8. The Hall–Kier alpha value is -5.58. The summed E-state index contributed by atoms with van der Waals surface area (Å²) in [6, 6.07) is 0. The first-order valence-electron chi connectivity index (χ1n) is 38.4. The largest absolute Gasteiger partial charge is 0.472 e. The van der Waals surface area contributed by atoms with Gasteiger partial charge in [-0.15, -0.1) is 0 Å². The molecule has 102 heavy (non-hydrogen) atoms. The lowest BCUT2D eigenvalue weighted by atomic mass is 10.1. The fraction of sp³-hybridized carbons (Fsp3) is 0.614. The Labute approximate surface area is 616 Å². The molecule has 0 radical (unpaired) electrons. The Bertz CT molecular complexity index is 2600. The maximum Gasteiger partial charge on any atom is 0.472 e. The van der Waals surface area contributed by atoms with Crippen molar-refractivity contribution < 1.29 is 80.2 Å². The van der Waals surface area contributed by atoms with Crippen LogP contribution >= 0.6 is 15.6 Å². The number of carbonyl (C=O) groups is 4. The van der Waals surface area contributed by atoms with Crippen LogP contribution in [0.15, 0.2) is 170 Å². The van der Waals surface area contributed by atoms with E-state index >= 15 is 0 Å². The molecule has 0 spiro atoms. The molecule has 578 valence electrons. The van der Waals surface area contributed by atoms with Crippen molar-refractivity contribution in [3.63, 3.8) is 0 Å². The first-order chi connectivity index (χ1) is 49.7. The van der Waals surface area contributed by atoms with Crippen molar-refractivity contribution in [2.45, 2.75) is 290 Å². The van der Waals surface area contributed by atoms with E-state index in [1.165, 1.54) is 0 Å². The van der Waals surface area contributed by atoms with E-state index < -0.39 is 97.5 Å². The summed E-state index contributed by atoms with van der Waals surface area (Å²) in [4.78, 5) is 72.9. The second-order valence-corrected chi connectivity index (χ2v) is 27.7. The fourth-order valence-electron chi connectivity index (χ4n) is 9.41. The van der Waals surface area contributed by atoms with Crippen LogP contribution in [0.4, 0.5) is 0 Å². The average molecular weight is 1470 g/mol. The summed E-state index contributed by atoms with van der Waals surface area (Å²) in [5.74, 6) is -2.33. The third-order valence-electron chi connectivity index (χ3n) is 15.1. The molecule has 5 atom stereocenters. The molecule has 0 aromatic heterocycles. The number of phosphoric ester groups is 2. The Morgan fingerprint density at radius 3 is 0.843 bits per heavy atom. The molecule has 0 saturated heterocycles. The molecule has 0 aromatic carbocycles. The van der Waals surface area contributed by atoms with Crippen molar-refractivity contribution in [2.75, 3.05) is 39.6 Å². The van der Waals surface area contributed by atoms with E-state index in [1.54, 1.807) is 0 Å². The number of hydrogen-bond donors (Lipinski definition) is 3. The van der Waals surface area contributed by atoms with Gasteiger partial charge in [-0.05, 0) is 161 Å². The van der Waals surface area contributed by atoms with Gasteiger partial charge in [0.05, 0.1) is 26.4 Å². The molecule has 17 nitrogen and oxygen atoms in total. The summed E-state index contributed by atoms with van der Waals surface area (Å²) < 4.78 is 68.4. The molecule has 0 amide bonds. The molecule has 0 heterocycles. The lowest BCUT2D eigenvalue weighted by Crippen LogP contribution is -2.30. The summed E-state index contributed by atoms with van der Waals surface area (Å²) in [5.41, 5.74) is 0. The molecule has 0 aromatic rings. The van der Waals surface area contributed by atoms with Gasteiger partial charge in [-0.1, -0.05) is 256 Å². The summed E-state index contributed by atoms with van der Waals surface area (Å²) in [6.07, 6.45) is 86.4. The third-order valence-corrected chi connectivity index (χ3v) is 17.0. The van der Waals surface area contributed by atoms with Gasteiger partial charge in [0.1, 0.15) is 19.3 Å². The molecule has 0 aliphatic rings. The molecular weight excluding hydrogens is 1330 g/mol. The number of unbranched alkanes of at least 4 members (excludes halogenated alkanes) is 16. The van der Waals surface area contributed by atoms with Gasteiger partial charge < -0.3 is 33.8 Å². The van der Waals surface area contributed by atoms with E-state index in [2.05, 4.69) is 186 Å². The molecule has 3 N–H and O–H groups in total. The maximum atomic E-state index is 13.1.